The fourth-order valence-electron chi connectivity index (χ4n) is 2.84. The van der Waals surface area contributed by atoms with Gasteiger partial charge in [-0.05, 0) is 19.3 Å². The number of methoxy groups -OCH3 is 1. The number of aromatic nitrogens is 3. The first kappa shape index (κ1) is 27.3. The average molecular weight is 472 g/mol. The topological polar surface area (TPSA) is 213 Å². The van der Waals surface area contributed by atoms with E-state index in [0.717, 1.165) is 4.90 Å². The number of amides is 2. The van der Waals surface area contributed by atoms with Crippen molar-refractivity contribution in [3.05, 3.63) is 11.9 Å². The summed E-state index contributed by atoms with van der Waals surface area (Å²) in [4.78, 5) is 57.1. The first-order chi connectivity index (χ1) is 15.6. The number of nitrogens with zero attached hydrogens (tertiary/aromatic N) is 4. The zero-order valence-corrected chi connectivity index (χ0v) is 18.1. The zero-order chi connectivity index (χ0) is 24.8. The molecule has 0 fully saturated rings. The summed E-state index contributed by atoms with van der Waals surface area (Å²) in [5.41, 5.74) is 0.494. The monoisotopic (exact) mass is 472 g/mol. The summed E-state index contributed by atoms with van der Waals surface area (Å²) in [6.45, 7) is -0.746. The summed E-state index contributed by atoms with van der Waals surface area (Å²) in [5.74, 6) is -4.22. The molecule has 2 amide bonds. The van der Waals surface area contributed by atoms with Gasteiger partial charge in [0.25, 0.3) is 0 Å². The maximum atomic E-state index is 12.0. The lowest BCUT2D eigenvalue weighted by atomic mass is 10.1. The molecular weight excluding hydrogens is 444 g/mol. The summed E-state index contributed by atoms with van der Waals surface area (Å²) >= 11 is 0. The standard InChI is InChI=1S/C18H28N6O9/c1-33-18(32)20-8-12-9-24(22-21-12)7-5-14(25)19-6-3-2-4-13(17(30)31)23(10-15(26)27)11-16(28)29/h9,13H,2-8,10-11H2,1H3,(H,19,25)(H,20,32)(H,26,27)(H,28,29)(H,30,31). The molecule has 0 aliphatic rings. The van der Waals surface area contributed by atoms with Gasteiger partial charge >= 0.3 is 24.0 Å². The summed E-state index contributed by atoms with van der Waals surface area (Å²) in [6, 6.07) is -1.26. The fourth-order valence-corrected chi connectivity index (χ4v) is 2.84. The lowest BCUT2D eigenvalue weighted by molar-refractivity contribution is -0.149. The molecule has 0 bridgehead atoms. The van der Waals surface area contributed by atoms with E-state index in [1.54, 1.807) is 6.20 Å². The van der Waals surface area contributed by atoms with Crippen LogP contribution in [0.5, 0.6) is 0 Å². The Morgan fingerprint density at radius 1 is 1.09 bits per heavy atom. The van der Waals surface area contributed by atoms with E-state index >= 15 is 0 Å². The molecule has 5 N–H and O–H groups in total. The van der Waals surface area contributed by atoms with Crippen molar-refractivity contribution in [2.45, 2.75) is 44.8 Å². The molecule has 0 saturated heterocycles. The molecule has 1 aromatic rings. The minimum Gasteiger partial charge on any atom is -0.480 e. The van der Waals surface area contributed by atoms with Gasteiger partial charge < -0.3 is 30.7 Å². The van der Waals surface area contributed by atoms with Crippen LogP contribution >= 0.6 is 0 Å². The Kier molecular flexibility index (Phi) is 11.9. The predicted molar refractivity (Wildman–Crippen MR) is 109 cm³/mol. The Bertz CT molecular complexity index is 812. The van der Waals surface area contributed by atoms with E-state index in [4.69, 9.17) is 10.2 Å². The molecule has 1 atom stereocenters. The van der Waals surface area contributed by atoms with Gasteiger partial charge in [0, 0.05) is 13.0 Å². The van der Waals surface area contributed by atoms with Gasteiger partial charge in [-0.25, -0.2) is 4.79 Å². The van der Waals surface area contributed by atoms with E-state index in [1.165, 1.54) is 11.8 Å². The molecule has 1 heterocycles. The highest BCUT2D eigenvalue weighted by Gasteiger charge is 2.28. The number of carbonyl (C=O) groups excluding carboxylic acids is 2. The quantitative estimate of drug-likeness (QED) is 0.178. The summed E-state index contributed by atoms with van der Waals surface area (Å²) in [5, 5.41) is 39.9. The average Bonchev–Trinajstić information content (AvgIpc) is 3.19. The number of unbranched alkanes of at least 4 members (excludes halogenated alkanes) is 1. The van der Waals surface area contributed by atoms with Crippen LogP contribution in [0, 0.1) is 0 Å². The lowest BCUT2D eigenvalue weighted by Gasteiger charge is -2.25. The van der Waals surface area contributed by atoms with Gasteiger partial charge in [0.2, 0.25) is 5.91 Å². The van der Waals surface area contributed by atoms with Crippen LogP contribution in [0.2, 0.25) is 0 Å². The second kappa shape index (κ2) is 14.3. The maximum Gasteiger partial charge on any atom is 0.407 e. The molecule has 184 valence electrons. The highest BCUT2D eigenvalue weighted by atomic mass is 16.5. The normalized spacial score (nSPS) is 11.6. The van der Waals surface area contributed by atoms with E-state index in [1.807, 2.05) is 0 Å². The van der Waals surface area contributed by atoms with Crippen LogP contribution in [0.4, 0.5) is 4.79 Å². The Morgan fingerprint density at radius 2 is 1.76 bits per heavy atom. The number of hydrogen-bond donors (Lipinski definition) is 5. The van der Waals surface area contributed by atoms with Crippen LogP contribution in [0.1, 0.15) is 31.4 Å². The molecule has 0 aliphatic carbocycles. The van der Waals surface area contributed by atoms with E-state index < -0.39 is 43.1 Å². The third kappa shape index (κ3) is 11.4. The first-order valence-corrected chi connectivity index (χ1v) is 10.00. The predicted octanol–water partition coefficient (Wildman–Crippen LogP) is -1.26. The highest BCUT2D eigenvalue weighted by molar-refractivity contribution is 5.78. The number of carboxylic acid groups (broad SMARTS) is 3. The van der Waals surface area contributed by atoms with Crippen LogP contribution in [-0.4, -0.2) is 97.9 Å². The van der Waals surface area contributed by atoms with Gasteiger partial charge in [-0.3, -0.25) is 28.8 Å². The van der Waals surface area contributed by atoms with Crippen LogP contribution in [-0.2, 0) is 37.0 Å². The van der Waals surface area contributed by atoms with Crippen LogP contribution in [0.25, 0.3) is 0 Å². The molecule has 1 rings (SSSR count). The number of hydrogen-bond acceptors (Lipinski definition) is 9. The van der Waals surface area contributed by atoms with Crippen molar-refractivity contribution in [1.29, 1.82) is 0 Å². The number of alkyl carbamates (subject to hydrolysis) is 1. The number of nitrogens with one attached hydrogen (secondary N) is 2. The van der Waals surface area contributed by atoms with E-state index in [9.17, 15) is 29.1 Å². The Balaban J connectivity index is 2.34. The van der Waals surface area contributed by atoms with Gasteiger partial charge in [0.15, 0.2) is 0 Å². The smallest absolute Gasteiger partial charge is 0.407 e. The summed E-state index contributed by atoms with van der Waals surface area (Å²) < 4.78 is 5.89. The van der Waals surface area contributed by atoms with Crippen molar-refractivity contribution in [2.24, 2.45) is 0 Å². The summed E-state index contributed by atoms with van der Waals surface area (Å²) in [6.07, 6.45) is 1.90. The third-order valence-corrected chi connectivity index (χ3v) is 4.38. The van der Waals surface area contributed by atoms with Crippen molar-refractivity contribution >= 4 is 29.9 Å². The highest BCUT2D eigenvalue weighted by Crippen LogP contribution is 2.10. The number of aliphatic carboxylic acids is 3. The van der Waals surface area contributed by atoms with Crippen LogP contribution in [0.15, 0.2) is 6.20 Å². The van der Waals surface area contributed by atoms with Crippen molar-refractivity contribution in [1.82, 2.24) is 30.5 Å². The van der Waals surface area contributed by atoms with E-state index in [0.29, 0.717) is 18.5 Å². The molecule has 1 unspecified atom stereocenters. The van der Waals surface area contributed by atoms with Gasteiger partial charge in [-0.1, -0.05) is 5.21 Å². The molecule has 0 aromatic carbocycles. The minimum absolute atomic E-state index is 0.0348. The molecule has 1 aromatic heterocycles. The summed E-state index contributed by atoms with van der Waals surface area (Å²) in [7, 11) is 1.24. The van der Waals surface area contributed by atoms with Gasteiger partial charge in [-0.15, -0.1) is 5.10 Å². The SMILES string of the molecule is COC(=O)NCc1cn(CCC(=O)NCCCCC(C(=O)O)N(CC(=O)O)CC(=O)O)nn1. The molecule has 33 heavy (non-hydrogen) atoms. The Morgan fingerprint density at radius 3 is 2.33 bits per heavy atom. The number of carboxylic acids is 3. The number of ether oxygens (including phenoxy) is 1. The molecule has 0 saturated carbocycles. The number of aryl methyl sites for hydroxylation is 1. The number of rotatable bonds is 16. The number of carbonyl (C=O) groups is 5. The Hall–Kier alpha value is -3.75. The zero-order valence-electron chi connectivity index (χ0n) is 18.1. The third-order valence-electron chi connectivity index (χ3n) is 4.38. The molecule has 15 heteroatoms. The second-order valence-corrected chi connectivity index (χ2v) is 6.96. The van der Waals surface area contributed by atoms with E-state index in [-0.39, 0.29) is 38.4 Å². The van der Waals surface area contributed by atoms with Crippen molar-refractivity contribution in [2.75, 3.05) is 26.7 Å². The first-order valence-electron chi connectivity index (χ1n) is 10.00. The molecule has 0 aliphatic heterocycles. The fraction of sp³-hybridized carbons (Fsp3) is 0.611. The van der Waals surface area contributed by atoms with Gasteiger partial charge in [0.1, 0.15) is 11.7 Å². The minimum atomic E-state index is -1.33. The van der Waals surface area contributed by atoms with Crippen molar-refractivity contribution < 1.29 is 44.0 Å². The van der Waals surface area contributed by atoms with E-state index in [2.05, 4.69) is 25.7 Å². The van der Waals surface area contributed by atoms with Crippen LogP contribution in [0.3, 0.4) is 0 Å². The molecule has 15 nitrogen and oxygen atoms in total. The van der Waals surface area contributed by atoms with Crippen molar-refractivity contribution in [3.8, 4) is 0 Å². The largest absolute Gasteiger partial charge is 0.480 e. The van der Waals surface area contributed by atoms with Crippen LogP contribution < -0.4 is 10.6 Å². The maximum absolute atomic E-state index is 12.0. The van der Waals surface area contributed by atoms with Crippen molar-refractivity contribution in [3.63, 3.8) is 0 Å². The van der Waals surface area contributed by atoms with Gasteiger partial charge in [0.05, 0.1) is 39.5 Å². The molecule has 0 spiro atoms. The second-order valence-electron chi connectivity index (χ2n) is 6.96. The molecule has 0 radical (unpaired) electrons. The molecular formula is C18H28N6O9. The lowest BCUT2D eigenvalue weighted by Crippen LogP contribution is -2.46. The van der Waals surface area contributed by atoms with Gasteiger partial charge in [-0.2, -0.15) is 0 Å². The Labute approximate surface area is 188 Å².